The van der Waals surface area contributed by atoms with Gasteiger partial charge in [-0.2, -0.15) is 0 Å². The summed E-state index contributed by atoms with van der Waals surface area (Å²) in [5.74, 6) is -0.727. The molecule has 0 aromatic heterocycles. The molecule has 0 aliphatic heterocycles. The maximum atomic E-state index is 12.4. The summed E-state index contributed by atoms with van der Waals surface area (Å²) in [6.07, 6.45) is 0.888. The van der Waals surface area contributed by atoms with Gasteiger partial charge in [0.15, 0.2) is 0 Å². The van der Waals surface area contributed by atoms with E-state index in [0.29, 0.717) is 0 Å². The number of hydrogen-bond acceptors (Lipinski definition) is 8. The molecule has 3 aliphatic carbocycles. The highest BCUT2D eigenvalue weighted by molar-refractivity contribution is 7.86. The van der Waals surface area contributed by atoms with Gasteiger partial charge in [-0.3, -0.25) is 0 Å². The molecule has 9 heteroatoms. The highest BCUT2D eigenvalue weighted by Gasteiger charge is 2.43. The van der Waals surface area contributed by atoms with Crippen molar-refractivity contribution in [2.45, 2.75) is 23.2 Å². The summed E-state index contributed by atoms with van der Waals surface area (Å²) < 4.78 is 50.8. The van der Waals surface area contributed by atoms with Crippen molar-refractivity contribution in [1.82, 2.24) is 0 Å². The minimum absolute atomic E-state index is 0.0760. The number of benzene rings is 4. The maximum Gasteiger partial charge on any atom is 0.337 e. The first kappa shape index (κ1) is 26.2. The van der Waals surface area contributed by atoms with Gasteiger partial charge in [0, 0.05) is 28.5 Å². The van der Waals surface area contributed by atoms with Crippen LogP contribution in [0.2, 0.25) is 0 Å². The standard InChI is InChI=1S/C31H26O8S/c32-29(17-37-18-30(33)39-27-13-14-28(40(34,35)36)23-10-4-3-9-22(23)27)38-16-19-15-26-20-7-1-5-11-24(20)31(19)25-12-6-2-8-21(25)26/h1-14,19,26,31H,15-18H2,(H,34,35,36)/p-1. The van der Waals surface area contributed by atoms with Crippen LogP contribution < -0.4 is 4.74 Å². The second kappa shape index (κ2) is 10.5. The molecule has 8 nitrogen and oxygen atoms in total. The summed E-state index contributed by atoms with van der Waals surface area (Å²) in [7, 11) is -4.71. The van der Waals surface area contributed by atoms with Gasteiger partial charge < -0.3 is 18.8 Å². The van der Waals surface area contributed by atoms with Crippen molar-refractivity contribution in [2.75, 3.05) is 19.8 Å². The number of esters is 2. The van der Waals surface area contributed by atoms with Crippen LogP contribution in [0.1, 0.15) is 40.5 Å². The molecule has 0 saturated carbocycles. The zero-order valence-corrected chi connectivity index (χ0v) is 22.1. The quantitative estimate of drug-likeness (QED) is 0.176. The van der Waals surface area contributed by atoms with Crippen LogP contribution in [0.15, 0.2) is 89.8 Å². The van der Waals surface area contributed by atoms with E-state index in [4.69, 9.17) is 14.2 Å². The summed E-state index contributed by atoms with van der Waals surface area (Å²) >= 11 is 0. The molecule has 0 radical (unpaired) electrons. The van der Waals surface area contributed by atoms with Crippen LogP contribution in [-0.4, -0.2) is 44.7 Å². The molecule has 204 valence electrons. The fraction of sp³-hybridized carbons (Fsp3) is 0.226. The van der Waals surface area contributed by atoms with Crippen molar-refractivity contribution in [2.24, 2.45) is 5.92 Å². The van der Waals surface area contributed by atoms with Gasteiger partial charge in [0.05, 0.1) is 11.5 Å². The highest BCUT2D eigenvalue weighted by Crippen LogP contribution is 2.55. The van der Waals surface area contributed by atoms with Gasteiger partial charge in [0.2, 0.25) is 0 Å². The molecule has 0 N–H and O–H groups in total. The number of hydrogen-bond donors (Lipinski definition) is 0. The van der Waals surface area contributed by atoms with Gasteiger partial charge in [-0.1, -0.05) is 72.8 Å². The van der Waals surface area contributed by atoms with Crippen LogP contribution in [0.25, 0.3) is 10.8 Å². The summed E-state index contributed by atoms with van der Waals surface area (Å²) in [6, 6.07) is 25.4. The highest BCUT2D eigenvalue weighted by atomic mass is 32.2. The minimum Gasteiger partial charge on any atom is -0.744 e. The van der Waals surface area contributed by atoms with E-state index in [1.165, 1.54) is 34.4 Å². The van der Waals surface area contributed by atoms with Crippen LogP contribution in [0.4, 0.5) is 0 Å². The van der Waals surface area contributed by atoms with Crippen LogP contribution in [0, 0.1) is 5.92 Å². The van der Waals surface area contributed by atoms with Gasteiger partial charge in [0.1, 0.15) is 29.1 Å². The maximum absolute atomic E-state index is 12.4. The topological polar surface area (TPSA) is 119 Å². The fourth-order valence-corrected chi connectivity index (χ4v) is 6.77. The molecule has 0 amide bonds. The van der Waals surface area contributed by atoms with Crippen molar-refractivity contribution in [3.05, 3.63) is 107 Å². The number of fused-ring (bicyclic) bond motifs is 2. The number of carbonyl (C=O) groups is 2. The predicted octanol–water partition coefficient (Wildman–Crippen LogP) is 4.51. The number of rotatable bonds is 8. The molecule has 2 bridgehead atoms. The first-order valence-electron chi connectivity index (χ1n) is 12.9. The van der Waals surface area contributed by atoms with E-state index in [0.717, 1.165) is 12.5 Å². The van der Waals surface area contributed by atoms with E-state index in [9.17, 15) is 22.6 Å². The second-order valence-corrected chi connectivity index (χ2v) is 11.3. The third kappa shape index (κ3) is 4.88. The van der Waals surface area contributed by atoms with Gasteiger partial charge in [-0.15, -0.1) is 0 Å². The van der Waals surface area contributed by atoms with Gasteiger partial charge in [-0.25, -0.2) is 18.0 Å². The second-order valence-electron chi connectivity index (χ2n) is 10.00. The number of carbonyl (C=O) groups excluding carboxylic acids is 2. The normalized spacial score (nSPS) is 19.1. The number of ether oxygens (including phenoxy) is 3. The smallest absolute Gasteiger partial charge is 0.337 e. The molecule has 40 heavy (non-hydrogen) atoms. The molecule has 3 aliphatic rings. The summed E-state index contributed by atoms with van der Waals surface area (Å²) in [5, 5.41) is 0.436. The molecular formula is C31H25O8S-. The van der Waals surface area contributed by atoms with E-state index < -0.39 is 40.2 Å². The lowest BCUT2D eigenvalue weighted by Gasteiger charge is -2.45. The third-order valence-electron chi connectivity index (χ3n) is 7.66. The van der Waals surface area contributed by atoms with Crippen LogP contribution in [-0.2, 0) is 29.2 Å². The Morgan fingerprint density at radius 3 is 1.98 bits per heavy atom. The first-order chi connectivity index (χ1) is 19.3. The Balaban J connectivity index is 1.04. The molecular weight excluding hydrogens is 532 g/mol. The lowest BCUT2D eigenvalue weighted by molar-refractivity contribution is -0.153. The van der Waals surface area contributed by atoms with E-state index >= 15 is 0 Å². The largest absolute Gasteiger partial charge is 0.744 e. The molecule has 0 heterocycles. The summed E-state index contributed by atoms with van der Waals surface area (Å²) in [5.41, 5.74) is 5.25. The molecule has 7 rings (SSSR count). The SMILES string of the molecule is O=C(COCC(=O)Oc1ccc(S(=O)(=O)[O-])c2ccccc12)OCC1CC2c3ccccc3C1c1ccccc12. The zero-order valence-electron chi connectivity index (χ0n) is 21.3. The van der Waals surface area contributed by atoms with Crippen LogP contribution in [0.3, 0.4) is 0 Å². The fourth-order valence-electron chi connectivity index (χ4n) is 6.09. The molecule has 1 unspecified atom stereocenters. The van der Waals surface area contributed by atoms with E-state index in [1.807, 2.05) is 12.1 Å². The van der Waals surface area contributed by atoms with Crippen LogP contribution in [0.5, 0.6) is 5.75 Å². The van der Waals surface area contributed by atoms with Gasteiger partial charge in [-0.05, 0) is 40.8 Å². The Morgan fingerprint density at radius 2 is 1.32 bits per heavy atom. The Kier molecular flexibility index (Phi) is 6.87. The molecule has 1 atom stereocenters. The molecule has 4 aromatic carbocycles. The van der Waals surface area contributed by atoms with Crippen molar-refractivity contribution >= 4 is 32.8 Å². The average molecular weight is 558 g/mol. The van der Waals surface area contributed by atoms with Crippen molar-refractivity contribution in [1.29, 1.82) is 0 Å². The predicted molar refractivity (Wildman–Crippen MR) is 144 cm³/mol. The Bertz CT molecular complexity index is 1680. The van der Waals surface area contributed by atoms with Crippen molar-refractivity contribution in [3.63, 3.8) is 0 Å². The third-order valence-corrected chi connectivity index (χ3v) is 8.55. The zero-order chi connectivity index (χ0) is 27.9. The molecule has 4 aromatic rings. The monoisotopic (exact) mass is 557 g/mol. The van der Waals surface area contributed by atoms with E-state index in [2.05, 4.69) is 36.4 Å². The van der Waals surface area contributed by atoms with Crippen molar-refractivity contribution < 1.29 is 36.8 Å². The first-order valence-corrected chi connectivity index (χ1v) is 14.3. The van der Waals surface area contributed by atoms with Gasteiger partial charge in [0.25, 0.3) is 0 Å². The molecule has 0 fully saturated rings. The van der Waals surface area contributed by atoms with E-state index in [1.54, 1.807) is 18.2 Å². The minimum atomic E-state index is -4.71. The molecule has 0 spiro atoms. The summed E-state index contributed by atoms with van der Waals surface area (Å²) in [4.78, 5) is 24.4. The van der Waals surface area contributed by atoms with Crippen molar-refractivity contribution in [3.8, 4) is 5.75 Å². The Hall–Kier alpha value is -4.05. The lowest BCUT2D eigenvalue weighted by Crippen LogP contribution is -2.35. The summed E-state index contributed by atoms with van der Waals surface area (Å²) in [6.45, 7) is -0.686. The Morgan fingerprint density at radius 1 is 0.750 bits per heavy atom. The van der Waals surface area contributed by atoms with E-state index in [-0.39, 0.29) is 40.9 Å². The Labute approximate surface area is 231 Å². The lowest BCUT2D eigenvalue weighted by atomic mass is 9.59. The van der Waals surface area contributed by atoms with Gasteiger partial charge >= 0.3 is 11.9 Å². The van der Waals surface area contributed by atoms with Crippen LogP contribution >= 0.6 is 0 Å². The average Bonchev–Trinajstić information content (AvgIpc) is 2.96. The molecule has 0 saturated heterocycles.